The van der Waals surface area contributed by atoms with Crippen LogP contribution in [0.2, 0.25) is 0 Å². The number of hydrogen-bond acceptors (Lipinski definition) is 6. The summed E-state index contributed by atoms with van der Waals surface area (Å²) in [6.45, 7) is 7.88. The van der Waals surface area contributed by atoms with Gasteiger partial charge in [0, 0.05) is 18.7 Å². The second-order valence-electron chi connectivity index (χ2n) is 6.47. The Labute approximate surface area is 141 Å². The summed E-state index contributed by atoms with van der Waals surface area (Å²) < 4.78 is 5.08. The van der Waals surface area contributed by atoms with Crippen LogP contribution in [0.3, 0.4) is 0 Å². The summed E-state index contributed by atoms with van der Waals surface area (Å²) in [7, 11) is 0. The maximum Gasteiger partial charge on any atom is 0.229 e. The molecule has 1 aliphatic heterocycles. The number of hydrogen-bond donors (Lipinski definition) is 1. The molecule has 3 heterocycles. The molecule has 0 saturated carbocycles. The summed E-state index contributed by atoms with van der Waals surface area (Å²) in [5, 5.41) is 6.68. The zero-order valence-corrected chi connectivity index (χ0v) is 14.4. The van der Waals surface area contributed by atoms with Crippen molar-refractivity contribution in [2.75, 3.05) is 23.3 Å². The Kier molecular flexibility index (Phi) is 4.78. The van der Waals surface area contributed by atoms with Gasteiger partial charge in [-0.1, -0.05) is 12.1 Å². The lowest BCUT2D eigenvalue weighted by molar-refractivity contribution is -0.115. The summed E-state index contributed by atoms with van der Waals surface area (Å²) in [5.41, 5.74) is 2.17. The van der Waals surface area contributed by atoms with Crippen molar-refractivity contribution in [3.05, 3.63) is 29.4 Å². The SMILES string of the molecule is Cc1noc(C)c1CC(=O)Nc1cnc(N2CCC(C)CC2)nc1. The quantitative estimate of drug-likeness (QED) is 0.928. The number of aromatic nitrogens is 3. The molecule has 7 heteroatoms. The van der Waals surface area contributed by atoms with Crippen LogP contribution < -0.4 is 10.2 Å². The molecule has 3 rings (SSSR count). The number of aryl methyl sites for hydroxylation is 2. The number of piperidine rings is 1. The van der Waals surface area contributed by atoms with Crippen molar-refractivity contribution in [1.29, 1.82) is 0 Å². The van der Waals surface area contributed by atoms with Crippen LogP contribution in [0, 0.1) is 19.8 Å². The monoisotopic (exact) mass is 329 g/mol. The van der Waals surface area contributed by atoms with Gasteiger partial charge >= 0.3 is 0 Å². The van der Waals surface area contributed by atoms with E-state index in [1.165, 1.54) is 12.8 Å². The highest BCUT2D eigenvalue weighted by Gasteiger charge is 2.18. The van der Waals surface area contributed by atoms with E-state index in [1.807, 2.05) is 6.92 Å². The van der Waals surface area contributed by atoms with Gasteiger partial charge < -0.3 is 14.7 Å². The van der Waals surface area contributed by atoms with Crippen molar-refractivity contribution < 1.29 is 9.32 Å². The molecular formula is C17H23N5O2. The van der Waals surface area contributed by atoms with Crippen molar-refractivity contribution in [3.63, 3.8) is 0 Å². The first-order valence-corrected chi connectivity index (χ1v) is 8.31. The Morgan fingerprint density at radius 1 is 1.29 bits per heavy atom. The molecule has 7 nitrogen and oxygen atoms in total. The fourth-order valence-corrected chi connectivity index (χ4v) is 2.88. The number of nitrogens with one attached hydrogen (secondary N) is 1. The molecule has 0 radical (unpaired) electrons. The molecule has 1 saturated heterocycles. The summed E-state index contributed by atoms with van der Waals surface area (Å²) in [6.07, 6.45) is 5.88. The van der Waals surface area contributed by atoms with Gasteiger partial charge in [0.1, 0.15) is 5.76 Å². The third kappa shape index (κ3) is 3.72. The van der Waals surface area contributed by atoms with Gasteiger partial charge in [-0.05, 0) is 32.6 Å². The lowest BCUT2D eigenvalue weighted by Gasteiger charge is -2.30. The highest BCUT2D eigenvalue weighted by atomic mass is 16.5. The predicted molar refractivity (Wildman–Crippen MR) is 91.0 cm³/mol. The summed E-state index contributed by atoms with van der Waals surface area (Å²) in [4.78, 5) is 23.1. The van der Waals surface area contributed by atoms with E-state index in [0.29, 0.717) is 11.4 Å². The first-order chi connectivity index (χ1) is 11.5. The molecule has 0 unspecified atom stereocenters. The van der Waals surface area contributed by atoms with Gasteiger partial charge in [-0.3, -0.25) is 4.79 Å². The van der Waals surface area contributed by atoms with Gasteiger partial charge in [0.25, 0.3) is 0 Å². The van der Waals surface area contributed by atoms with E-state index < -0.39 is 0 Å². The van der Waals surface area contributed by atoms with Gasteiger partial charge in [-0.15, -0.1) is 0 Å². The number of carbonyl (C=O) groups excluding carboxylic acids is 1. The van der Waals surface area contributed by atoms with Crippen LogP contribution >= 0.6 is 0 Å². The highest BCUT2D eigenvalue weighted by molar-refractivity contribution is 5.92. The molecule has 1 aliphatic rings. The topological polar surface area (TPSA) is 84.2 Å². The molecule has 24 heavy (non-hydrogen) atoms. The lowest BCUT2D eigenvalue weighted by Crippen LogP contribution is -2.34. The minimum absolute atomic E-state index is 0.132. The lowest BCUT2D eigenvalue weighted by atomic mass is 10.00. The van der Waals surface area contributed by atoms with Crippen LogP contribution in [0.15, 0.2) is 16.9 Å². The number of amides is 1. The molecular weight excluding hydrogens is 306 g/mol. The molecule has 1 N–H and O–H groups in total. The van der Waals surface area contributed by atoms with Crippen LogP contribution in [0.25, 0.3) is 0 Å². The summed E-state index contributed by atoms with van der Waals surface area (Å²) >= 11 is 0. The Hall–Kier alpha value is -2.44. The summed E-state index contributed by atoms with van der Waals surface area (Å²) in [5.74, 6) is 2.04. The second-order valence-corrected chi connectivity index (χ2v) is 6.47. The van der Waals surface area contributed by atoms with Crippen molar-refractivity contribution in [3.8, 4) is 0 Å². The van der Waals surface area contributed by atoms with E-state index in [-0.39, 0.29) is 12.3 Å². The van der Waals surface area contributed by atoms with Crippen LogP contribution in [0.4, 0.5) is 11.6 Å². The molecule has 0 aliphatic carbocycles. The highest BCUT2D eigenvalue weighted by Crippen LogP contribution is 2.20. The molecule has 0 spiro atoms. The van der Waals surface area contributed by atoms with Crippen LogP contribution in [0.5, 0.6) is 0 Å². The molecule has 2 aromatic heterocycles. The van der Waals surface area contributed by atoms with Gasteiger partial charge in [0.2, 0.25) is 11.9 Å². The second kappa shape index (κ2) is 6.98. The zero-order valence-electron chi connectivity index (χ0n) is 14.4. The van der Waals surface area contributed by atoms with Crippen molar-refractivity contribution >= 4 is 17.5 Å². The minimum atomic E-state index is -0.132. The largest absolute Gasteiger partial charge is 0.361 e. The normalized spacial score (nSPS) is 15.5. The van der Waals surface area contributed by atoms with Gasteiger partial charge in [-0.25, -0.2) is 9.97 Å². The van der Waals surface area contributed by atoms with Gasteiger partial charge in [0.15, 0.2) is 0 Å². The van der Waals surface area contributed by atoms with E-state index in [4.69, 9.17) is 4.52 Å². The van der Waals surface area contributed by atoms with E-state index in [9.17, 15) is 4.79 Å². The van der Waals surface area contributed by atoms with Crippen LogP contribution in [-0.4, -0.2) is 34.1 Å². The number of nitrogens with zero attached hydrogens (tertiary/aromatic N) is 4. The molecule has 128 valence electrons. The fraction of sp³-hybridized carbons (Fsp3) is 0.529. The minimum Gasteiger partial charge on any atom is -0.361 e. The average molecular weight is 329 g/mol. The Morgan fingerprint density at radius 3 is 2.54 bits per heavy atom. The molecule has 0 atom stereocenters. The standard InChI is InChI=1S/C17H23N5O2/c1-11-4-6-22(7-5-11)17-18-9-14(10-19-17)20-16(23)8-15-12(2)21-24-13(15)3/h9-11H,4-8H2,1-3H3,(H,20,23). The molecule has 2 aromatic rings. The van der Waals surface area contributed by atoms with E-state index in [0.717, 1.165) is 36.2 Å². The van der Waals surface area contributed by atoms with E-state index >= 15 is 0 Å². The first-order valence-electron chi connectivity index (χ1n) is 8.31. The van der Waals surface area contributed by atoms with Crippen LogP contribution in [0.1, 0.15) is 36.8 Å². The Morgan fingerprint density at radius 2 is 1.96 bits per heavy atom. The molecule has 1 amide bonds. The van der Waals surface area contributed by atoms with Crippen molar-refractivity contribution in [2.24, 2.45) is 5.92 Å². The maximum absolute atomic E-state index is 12.2. The number of anilines is 2. The van der Waals surface area contributed by atoms with Gasteiger partial charge in [-0.2, -0.15) is 0 Å². The third-order valence-corrected chi connectivity index (χ3v) is 4.51. The van der Waals surface area contributed by atoms with Crippen LogP contribution in [-0.2, 0) is 11.2 Å². The number of rotatable bonds is 4. The van der Waals surface area contributed by atoms with E-state index in [1.54, 1.807) is 19.3 Å². The fourth-order valence-electron chi connectivity index (χ4n) is 2.88. The Balaban J connectivity index is 1.59. The molecule has 0 aromatic carbocycles. The summed E-state index contributed by atoms with van der Waals surface area (Å²) in [6, 6.07) is 0. The van der Waals surface area contributed by atoms with Crippen molar-refractivity contribution in [2.45, 2.75) is 40.0 Å². The first kappa shape index (κ1) is 16.4. The molecule has 1 fully saturated rings. The van der Waals surface area contributed by atoms with E-state index in [2.05, 4.69) is 32.3 Å². The molecule has 0 bridgehead atoms. The maximum atomic E-state index is 12.2. The number of carbonyl (C=O) groups is 1. The van der Waals surface area contributed by atoms with Gasteiger partial charge in [0.05, 0.1) is 30.2 Å². The Bertz CT molecular complexity index is 683. The third-order valence-electron chi connectivity index (χ3n) is 4.51. The smallest absolute Gasteiger partial charge is 0.229 e. The zero-order chi connectivity index (χ0) is 17.1. The average Bonchev–Trinajstić information content (AvgIpc) is 2.88. The van der Waals surface area contributed by atoms with Crippen molar-refractivity contribution in [1.82, 2.24) is 15.1 Å². The predicted octanol–water partition coefficient (Wildman–Crippen LogP) is 2.50.